The molecule has 5 heteroatoms. The molecule has 2 saturated heterocycles. The molecule has 0 spiro atoms. The van der Waals surface area contributed by atoms with Gasteiger partial charge in [0.05, 0.1) is 12.7 Å². The number of halogens is 3. The molecule has 0 N–H and O–H groups in total. The third-order valence-corrected chi connectivity index (χ3v) is 7.30. The van der Waals surface area contributed by atoms with Crippen LogP contribution in [0.15, 0.2) is 36.4 Å². The van der Waals surface area contributed by atoms with Crippen LogP contribution in [0, 0.1) is 13.8 Å². The molecule has 0 radical (unpaired) electrons. The van der Waals surface area contributed by atoms with Crippen LogP contribution in [0.1, 0.15) is 59.4 Å². The van der Waals surface area contributed by atoms with E-state index in [2.05, 4.69) is 30.9 Å². The van der Waals surface area contributed by atoms with E-state index < -0.39 is 11.7 Å². The number of benzene rings is 2. The van der Waals surface area contributed by atoms with E-state index in [1.54, 1.807) is 19.2 Å². The van der Waals surface area contributed by atoms with Crippen molar-refractivity contribution in [3.05, 3.63) is 64.2 Å². The van der Waals surface area contributed by atoms with Crippen molar-refractivity contribution in [3.63, 3.8) is 0 Å². The zero-order chi connectivity index (χ0) is 21.5. The lowest BCUT2D eigenvalue weighted by atomic mass is 9.84. The van der Waals surface area contributed by atoms with Crippen molar-refractivity contribution in [1.29, 1.82) is 0 Å². The first kappa shape index (κ1) is 21.2. The van der Waals surface area contributed by atoms with Gasteiger partial charge in [0.1, 0.15) is 5.75 Å². The lowest BCUT2D eigenvalue weighted by Crippen LogP contribution is -2.43. The Labute approximate surface area is 177 Å². The fraction of sp³-hybridized carbons (Fsp3) is 0.520. The van der Waals surface area contributed by atoms with Crippen molar-refractivity contribution in [2.45, 2.75) is 70.1 Å². The summed E-state index contributed by atoms with van der Waals surface area (Å²) in [7, 11) is 1.71. The first-order valence-corrected chi connectivity index (χ1v) is 10.8. The lowest BCUT2D eigenvalue weighted by Gasteiger charge is -2.39. The predicted molar refractivity (Wildman–Crippen MR) is 113 cm³/mol. The summed E-state index contributed by atoms with van der Waals surface area (Å²) in [6, 6.07) is 11.2. The number of nitrogens with zero attached hydrogens (tertiary/aromatic N) is 1. The largest absolute Gasteiger partial charge is 0.496 e. The summed E-state index contributed by atoms with van der Waals surface area (Å²) < 4.78 is 44.0. The summed E-state index contributed by atoms with van der Waals surface area (Å²) >= 11 is 0. The summed E-state index contributed by atoms with van der Waals surface area (Å²) in [4.78, 5) is 2.65. The van der Waals surface area contributed by atoms with E-state index in [4.69, 9.17) is 4.74 Å². The van der Waals surface area contributed by atoms with Gasteiger partial charge in [0, 0.05) is 18.6 Å². The van der Waals surface area contributed by atoms with Crippen LogP contribution in [-0.2, 0) is 12.6 Å². The number of methoxy groups -OCH3 is 1. The molecule has 2 atom stereocenters. The van der Waals surface area contributed by atoms with Gasteiger partial charge in [-0.2, -0.15) is 13.2 Å². The number of alkyl halides is 3. The third-order valence-electron chi connectivity index (χ3n) is 7.30. The van der Waals surface area contributed by atoms with Crippen LogP contribution >= 0.6 is 0 Å². The number of hydrogen-bond donors (Lipinski definition) is 0. The molecule has 2 bridgehead atoms. The van der Waals surface area contributed by atoms with Crippen LogP contribution in [0.4, 0.5) is 13.2 Å². The van der Waals surface area contributed by atoms with Crippen LogP contribution in [0.3, 0.4) is 0 Å². The van der Waals surface area contributed by atoms with Crippen LogP contribution in [0.25, 0.3) is 0 Å². The maximum absolute atomic E-state index is 12.9. The molecule has 0 amide bonds. The number of fused-ring (bicyclic) bond motifs is 2. The Hall–Kier alpha value is -2.01. The average molecular weight is 418 g/mol. The van der Waals surface area contributed by atoms with Crippen LogP contribution in [-0.4, -0.2) is 30.6 Å². The van der Waals surface area contributed by atoms with Crippen LogP contribution in [0.5, 0.6) is 5.75 Å². The average Bonchev–Trinajstić information content (AvgIpc) is 2.95. The van der Waals surface area contributed by atoms with E-state index in [-0.39, 0.29) is 0 Å². The quantitative estimate of drug-likeness (QED) is 0.567. The molecular weight excluding hydrogens is 387 g/mol. The van der Waals surface area contributed by atoms with Crippen molar-refractivity contribution in [1.82, 2.24) is 4.90 Å². The van der Waals surface area contributed by atoms with Crippen LogP contribution in [0.2, 0.25) is 0 Å². The molecule has 2 aliphatic heterocycles. The smallest absolute Gasteiger partial charge is 0.416 e. The normalized spacial score (nSPS) is 24.3. The summed E-state index contributed by atoms with van der Waals surface area (Å²) in [6.07, 6.45) is 1.24. The molecule has 2 aliphatic rings. The molecule has 0 saturated carbocycles. The van der Waals surface area contributed by atoms with Crippen molar-refractivity contribution < 1.29 is 17.9 Å². The summed E-state index contributed by atoms with van der Waals surface area (Å²) in [5.74, 6) is 1.31. The van der Waals surface area contributed by atoms with Gasteiger partial charge >= 0.3 is 6.18 Å². The zero-order valence-corrected chi connectivity index (χ0v) is 17.9. The molecule has 2 unspecified atom stereocenters. The molecule has 2 nitrogen and oxygen atoms in total. The van der Waals surface area contributed by atoms with Crippen molar-refractivity contribution >= 4 is 0 Å². The van der Waals surface area contributed by atoms with Crippen molar-refractivity contribution in [3.8, 4) is 5.75 Å². The van der Waals surface area contributed by atoms with E-state index in [1.165, 1.54) is 41.7 Å². The highest BCUT2D eigenvalue weighted by Gasteiger charge is 2.41. The highest BCUT2D eigenvalue weighted by Crippen LogP contribution is 2.43. The Kier molecular flexibility index (Phi) is 5.84. The second kappa shape index (κ2) is 8.26. The molecule has 2 heterocycles. The maximum Gasteiger partial charge on any atom is 0.416 e. The van der Waals surface area contributed by atoms with Crippen molar-refractivity contribution in [2.75, 3.05) is 13.7 Å². The number of ether oxygens (including phenoxy) is 1. The van der Waals surface area contributed by atoms with Crippen molar-refractivity contribution in [2.24, 2.45) is 0 Å². The monoisotopic (exact) mass is 417 g/mol. The molecule has 2 aromatic rings. The highest BCUT2D eigenvalue weighted by molar-refractivity contribution is 5.43. The summed E-state index contributed by atoms with van der Waals surface area (Å²) in [6.45, 7) is 5.32. The highest BCUT2D eigenvalue weighted by atomic mass is 19.4. The first-order valence-electron chi connectivity index (χ1n) is 10.8. The standard InChI is InChI=1S/C25H30F3NO/c1-16-17(2)24(30-3)11-6-18(16)12-13-29-22-9-10-23(29)15-20(14-22)19-4-7-21(8-5-19)25(26,27)28/h4-8,11,20,22-23H,9-10,12-15H2,1-3H3. The second-order valence-corrected chi connectivity index (χ2v) is 8.84. The Morgan fingerprint density at radius 1 is 0.933 bits per heavy atom. The number of rotatable bonds is 5. The van der Waals surface area contributed by atoms with Gasteiger partial charge in [0.25, 0.3) is 0 Å². The van der Waals surface area contributed by atoms with E-state index in [0.717, 1.165) is 37.1 Å². The number of hydrogen-bond acceptors (Lipinski definition) is 2. The second-order valence-electron chi connectivity index (χ2n) is 8.84. The molecule has 2 fully saturated rings. The van der Waals surface area contributed by atoms with E-state index in [1.807, 2.05) is 0 Å². The van der Waals surface area contributed by atoms with Gasteiger partial charge in [0.15, 0.2) is 0 Å². The summed E-state index contributed by atoms with van der Waals surface area (Å²) in [5.41, 5.74) is 4.39. The molecule has 4 rings (SSSR count). The number of piperidine rings is 1. The molecular formula is C25H30F3NO. The van der Waals surface area contributed by atoms with Gasteiger partial charge in [-0.1, -0.05) is 18.2 Å². The Balaban J connectivity index is 1.41. The molecule has 0 aromatic heterocycles. The predicted octanol–water partition coefficient (Wildman–Crippen LogP) is 6.28. The minimum absolute atomic E-state index is 0.367. The summed E-state index contributed by atoms with van der Waals surface area (Å²) in [5, 5.41) is 0. The SMILES string of the molecule is COc1ccc(CCN2C3CCC2CC(c2ccc(C(F)(F)F)cc2)C3)c(C)c1C. The molecule has 2 aromatic carbocycles. The third kappa shape index (κ3) is 4.09. The molecule has 162 valence electrons. The Bertz CT molecular complexity index is 877. The lowest BCUT2D eigenvalue weighted by molar-refractivity contribution is -0.137. The Morgan fingerprint density at radius 2 is 1.57 bits per heavy atom. The molecule has 0 aliphatic carbocycles. The van der Waals surface area contributed by atoms with Gasteiger partial charge in [-0.25, -0.2) is 0 Å². The fourth-order valence-corrected chi connectivity index (χ4v) is 5.45. The first-order chi connectivity index (χ1) is 14.3. The minimum atomic E-state index is -4.27. The van der Waals surface area contributed by atoms with Gasteiger partial charge in [-0.05, 0) is 92.3 Å². The fourth-order valence-electron chi connectivity index (χ4n) is 5.45. The Morgan fingerprint density at radius 3 is 2.13 bits per heavy atom. The van der Waals surface area contributed by atoms with Gasteiger partial charge in [-0.3, -0.25) is 4.90 Å². The zero-order valence-electron chi connectivity index (χ0n) is 17.9. The van der Waals surface area contributed by atoms with Gasteiger partial charge < -0.3 is 4.74 Å². The molecule has 30 heavy (non-hydrogen) atoms. The van der Waals surface area contributed by atoms with Gasteiger partial charge in [0.2, 0.25) is 0 Å². The van der Waals surface area contributed by atoms with Crippen LogP contribution < -0.4 is 4.74 Å². The van der Waals surface area contributed by atoms with E-state index in [9.17, 15) is 13.2 Å². The van der Waals surface area contributed by atoms with E-state index >= 15 is 0 Å². The topological polar surface area (TPSA) is 12.5 Å². The van der Waals surface area contributed by atoms with Gasteiger partial charge in [-0.15, -0.1) is 0 Å². The maximum atomic E-state index is 12.9. The van der Waals surface area contributed by atoms with E-state index in [0.29, 0.717) is 18.0 Å². The minimum Gasteiger partial charge on any atom is -0.496 e.